The van der Waals surface area contributed by atoms with Gasteiger partial charge in [0, 0.05) is 18.7 Å². The quantitative estimate of drug-likeness (QED) is 0.288. The molecule has 0 aliphatic heterocycles. The second-order valence-electron chi connectivity index (χ2n) is 5.49. The highest BCUT2D eigenvalue weighted by Crippen LogP contribution is 2.26. The van der Waals surface area contributed by atoms with Crippen molar-refractivity contribution < 1.29 is 28.7 Å². The Kier molecular flexibility index (Phi) is 7.77. The summed E-state index contributed by atoms with van der Waals surface area (Å²) < 4.78 is 15.9. The number of amides is 1. The summed E-state index contributed by atoms with van der Waals surface area (Å²) in [6.07, 6.45) is -0.0573. The van der Waals surface area contributed by atoms with Gasteiger partial charge in [-0.2, -0.15) is 0 Å². The zero-order valence-electron chi connectivity index (χ0n) is 15.3. The van der Waals surface area contributed by atoms with Gasteiger partial charge >= 0.3 is 5.97 Å². The molecule has 0 spiro atoms. The van der Waals surface area contributed by atoms with Crippen LogP contribution in [-0.4, -0.2) is 36.6 Å². The van der Waals surface area contributed by atoms with E-state index < -0.39 is 16.8 Å². The molecule has 2 aromatic rings. The van der Waals surface area contributed by atoms with Gasteiger partial charge in [0.15, 0.2) is 18.1 Å². The van der Waals surface area contributed by atoms with Crippen molar-refractivity contribution in [3.63, 3.8) is 0 Å². The number of nitrogens with zero attached hydrogens (tertiary/aromatic N) is 1. The first-order valence-electron chi connectivity index (χ1n) is 8.56. The third-order valence-corrected chi connectivity index (χ3v) is 3.44. The van der Waals surface area contributed by atoms with E-state index in [-0.39, 0.29) is 31.0 Å². The van der Waals surface area contributed by atoms with Gasteiger partial charge in [-0.05, 0) is 31.2 Å². The van der Waals surface area contributed by atoms with Gasteiger partial charge in [0.25, 0.3) is 11.6 Å². The number of nitrogens with one attached hydrogen (secondary N) is 1. The van der Waals surface area contributed by atoms with E-state index in [2.05, 4.69) is 5.32 Å². The van der Waals surface area contributed by atoms with Crippen molar-refractivity contribution >= 4 is 17.6 Å². The molecule has 2 rings (SSSR count). The van der Waals surface area contributed by atoms with Gasteiger partial charge in [-0.3, -0.25) is 19.7 Å². The van der Waals surface area contributed by atoms with Crippen molar-refractivity contribution in [2.75, 3.05) is 19.8 Å². The van der Waals surface area contributed by atoms with Gasteiger partial charge < -0.3 is 19.5 Å². The molecule has 0 aliphatic carbocycles. The number of ether oxygens (including phenoxy) is 3. The summed E-state index contributed by atoms with van der Waals surface area (Å²) in [6, 6.07) is 12.1. The fraction of sp³-hybridized carbons (Fsp3) is 0.263. The Morgan fingerprint density at radius 3 is 2.29 bits per heavy atom. The molecular formula is C19H20N2O7. The van der Waals surface area contributed by atoms with E-state index in [4.69, 9.17) is 14.2 Å². The van der Waals surface area contributed by atoms with Crippen LogP contribution in [0.15, 0.2) is 48.5 Å². The second-order valence-corrected chi connectivity index (χ2v) is 5.49. The molecule has 2 aromatic carbocycles. The molecule has 0 aromatic heterocycles. The summed E-state index contributed by atoms with van der Waals surface area (Å²) in [4.78, 5) is 33.6. The molecule has 0 aliphatic rings. The summed E-state index contributed by atoms with van der Waals surface area (Å²) >= 11 is 0. The number of para-hydroxylation sites is 2. The fourth-order valence-electron chi connectivity index (χ4n) is 2.16. The smallest absolute Gasteiger partial charge is 0.312 e. The molecule has 0 heterocycles. The third kappa shape index (κ3) is 6.60. The monoisotopic (exact) mass is 388 g/mol. The molecule has 0 radical (unpaired) electrons. The summed E-state index contributed by atoms with van der Waals surface area (Å²) in [5.41, 5.74) is -0.0991. The van der Waals surface area contributed by atoms with Crippen molar-refractivity contribution in [1.29, 1.82) is 0 Å². The Hall–Kier alpha value is -3.62. The lowest BCUT2D eigenvalue weighted by atomic mass is 10.3. The molecule has 9 heteroatoms. The molecule has 148 valence electrons. The second kappa shape index (κ2) is 10.5. The SMILES string of the molecule is CCOc1ccccc1OCC(=O)NCCC(=O)Oc1ccc([N+](=O)[O-])cc1. The maximum absolute atomic E-state index is 11.8. The lowest BCUT2D eigenvalue weighted by molar-refractivity contribution is -0.384. The molecule has 0 unspecified atom stereocenters. The van der Waals surface area contributed by atoms with Crippen LogP contribution < -0.4 is 19.5 Å². The van der Waals surface area contributed by atoms with E-state index in [9.17, 15) is 19.7 Å². The summed E-state index contributed by atoms with van der Waals surface area (Å²) in [6.45, 7) is 2.17. The summed E-state index contributed by atoms with van der Waals surface area (Å²) in [5, 5.41) is 13.1. The number of benzene rings is 2. The molecule has 28 heavy (non-hydrogen) atoms. The van der Waals surface area contributed by atoms with E-state index in [0.717, 1.165) is 0 Å². The minimum Gasteiger partial charge on any atom is -0.490 e. The molecule has 0 saturated carbocycles. The first-order valence-corrected chi connectivity index (χ1v) is 8.56. The zero-order chi connectivity index (χ0) is 20.4. The van der Waals surface area contributed by atoms with Crippen LogP contribution in [0.5, 0.6) is 17.2 Å². The Labute approximate surface area is 161 Å². The van der Waals surface area contributed by atoms with Gasteiger partial charge in [-0.1, -0.05) is 12.1 Å². The molecule has 9 nitrogen and oxygen atoms in total. The maximum Gasteiger partial charge on any atom is 0.312 e. The lowest BCUT2D eigenvalue weighted by Gasteiger charge is -2.11. The first-order chi connectivity index (χ1) is 13.5. The predicted molar refractivity (Wildman–Crippen MR) is 99.5 cm³/mol. The number of carbonyl (C=O) groups is 2. The highest BCUT2D eigenvalue weighted by molar-refractivity contribution is 5.78. The largest absolute Gasteiger partial charge is 0.490 e. The van der Waals surface area contributed by atoms with Crippen molar-refractivity contribution in [1.82, 2.24) is 5.32 Å². The number of nitro groups is 1. The minimum atomic E-state index is -0.572. The van der Waals surface area contributed by atoms with Gasteiger partial charge in [0.2, 0.25) is 0 Å². The number of esters is 1. The van der Waals surface area contributed by atoms with Gasteiger partial charge in [-0.25, -0.2) is 0 Å². The van der Waals surface area contributed by atoms with Crippen LogP contribution in [0.4, 0.5) is 5.69 Å². The van der Waals surface area contributed by atoms with Crippen LogP contribution in [0, 0.1) is 10.1 Å². The van der Waals surface area contributed by atoms with Crippen LogP contribution >= 0.6 is 0 Å². The van der Waals surface area contributed by atoms with Crippen LogP contribution in [-0.2, 0) is 9.59 Å². The number of carbonyl (C=O) groups excluding carboxylic acids is 2. The van der Waals surface area contributed by atoms with E-state index in [1.54, 1.807) is 24.3 Å². The van der Waals surface area contributed by atoms with Gasteiger partial charge in [0.05, 0.1) is 18.0 Å². The van der Waals surface area contributed by atoms with Crippen molar-refractivity contribution in [3.8, 4) is 17.2 Å². The van der Waals surface area contributed by atoms with Crippen LogP contribution in [0.2, 0.25) is 0 Å². The van der Waals surface area contributed by atoms with Crippen LogP contribution in [0.25, 0.3) is 0 Å². The zero-order valence-corrected chi connectivity index (χ0v) is 15.3. The first kappa shape index (κ1) is 20.7. The minimum absolute atomic E-state index is 0.0573. The van der Waals surface area contributed by atoms with Gasteiger partial charge in [-0.15, -0.1) is 0 Å². The highest BCUT2D eigenvalue weighted by atomic mass is 16.6. The van der Waals surface area contributed by atoms with Crippen molar-refractivity contribution in [2.45, 2.75) is 13.3 Å². The number of nitro benzene ring substituents is 1. The Morgan fingerprint density at radius 2 is 1.68 bits per heavy atom. The summed E-state index contributed by atoms with van der Waals surface area (Å²) in [7, 11) is 0. The predicted octanol–water partition coefficient (Wildman–Crippen LogP) is 2.48. The van der Waals surface area contributed by atoms with Crippen LogP contribution in [0.1, 0.15) is 13.3 Å². The standard InChI is InChI=1S/C19H20N2O7/c1-2-26-16-5-3-4-6-17(16)27-13-18(22)20-12-11-19(23)28-15-9-7-14(8-10-15)21(24)25/h3-10H,2,11-13H2,1H3,(H,20,22). The number of non-ortho nitro benzene ring substituents is 1. The molecule has 0 saturated heterocycles. The molecule has 0 bridgehead atoms. The Balaban J connectivity index is 1.70. The average molecular weight is 388 g/mol. The molecule has 1 amide bonds. The Bertz CT molecular complexity index is 821. The summed E-state index contributed by atoms with van der Waals surface area (Å²) in [5.74, 6) is 0.227. The van der Waals surface area contributed by atoms with Gasteiger partial charge in [0.1, 0.15) is 5.75 Å². The average Bonchev–Trinajstić information content (AvgIpc) is 2.68. The van der Waals surface area contributed by atoms with Crippen molar-refractivity contribution in [3.05, 3.63) is 58.6 Å². The highest BCUT2D eigenvalue weighted by Gasteiger charge is 2.10. The maximum atomic E-state index is 11.8. The molecule has 1 N–H and O–H groups in total. The molecule has 0 fully saturated rings. The lowest BCUT2D eigenvalue weighted by Crippen LogP contribution is -2.31. The van der Waals surface area contributed by atoms with E-state index >= 15 is 0 Å². The Morgan fingerprint density at radius 1 is 1.04 bits per heavy atom. The van der Waals surface area contributed by atoms with Crippen molar-refractivity contribution in [2.24, 2.45) is 0 Å². The fourth-order valence-corrected chi connectivity index (χ4v) is 2.16. The topological polar surface area (TPSA) is 117 Å². The van der Waals surface area contributed by atoms with E-state index in [0.29, 0.717) is 18.1 Å². The number of hydrogen-bond acceptors (Lipinski definition) is 7. The number of hydrogen-bond donors (Lipinski definition) is 1. The molecule has 0 atom stereocenters. The van der Waals surface area contributed by atoms with E-state index in [1.807, 2.05) is 6.92 Å². The normalized spacial score (nSPS) is 10.0. The van der Waals surface area contributed by atoms with Crippen LogP contribution in [0.3, 0.4) is 0 Å². The number of rotatable bonds is 10. The third-order valence-electron chi connectivity index (χ3n) is 3.44. The molecular weight excluding hydrogens is 368 g/mol. The van der Waals surface area contributed by atoms with E-state index in [1.165, 1.54) is 24.3 Å².